The van der Waals surface area contributed by atoms with E-state index in [9.17, 15) is 18.0 Å². The fraction of sp³-hybridized carbons (Fsp3) is 0.400. The van der Waals surface area contributed by atoms with E-state index in [-0.39, 0.29) is 47.8 Å². The van der Waals surface area contributed by atoms with Gasteiger partial charge in [0.25, 0.3) is 0 Å². The van der Waals surface area contributed by atoms with Gasteiger partial charge in [-0.2, -0.15) is 18.3 Å². The van der Waals surface area contributed by atoms with Crippen molar-refractivity contribution in [3.8, 4) is 11.4 Å². The Labute approximate surface area is 251 Å². The van der Waals surface area contributed by atoms with Crippen molar-refractivity contribution in [2.24, 2.45) is 0 Å². The van der Waals surface area contributed by atoms with E-state index in [0.717, 1.165) is 31.9 Å². The van der Waals surface area contributed by atoms with Gasteiger partial charge in [-0.15, -0.1) is 0 Å². The molecule has 3 fully saturated rings. The number of aromatic nitrogens is 4. The van der Waals surface area contributed by atoms with Gasteiger partial charge in [-0.1, -0.05) is 0 Å². The Balaban J connectivity index is 1.06. The topological polar surface area (TPSA) is 115 Å². The Morgan fingerprint density at radius 2 is 1.68 bits per heavy atom. The molecule has 3 N–H and O–H groups in total. The Bertz CT molecular complexity index is 1640. The van der Waals surface area contributed by atoms with Crippen molar-refractivity contribution in [1.82, 2.24) is 30.0 Å². The molecule has 4 aromatic rings. The molecule has 3 aliphatic heterocycles. The third kappa shape index (κ3) is 5.67. The van der Waals surface area contributed by atoms with Gasteiger partial charge in [0.15, 0.2) is 17.5 Å². The molecule has 2 aromatic heterocycles. The number of anilines is 3. The van der Waals surface area contributed by atoms with Crippen LogP contribution >= 0.6 is 0 Å². The molecule has 230 valence electrons. The number of aromatic amines is 1. The number of morpholine rings is 1. The van der Waals surface area contributed by atoms with Crippen molar-refractivity contribution in [1.29, 1.82) is 0 Å². The van der Waals surface area contributed by atoms with Crippen LogP contribution in [0.25, 0.3) is 22.4 Å². The Kier molecular flexibility index (Phi) is 7.34. The first kappa shape index (κ1) is 28.5. The zero-order valence-corrected chi connectivity index (χ0v) is 24.0. The number of alkyl halides is 3. The molecule has 3 saturated heterocycles. The maximum absolute atomic E-state index is 14.6. The van der Waals surface area contributed by atoms with Crippen LogP contribution < -0.4 is 15.5 Å². The zero-order valence-electron chi connectivity index (χ0n) is 24.0. The van der Waals surface area contributed by atoms with Crippen LogP contribution in [0.4, 0.5) is 35.0 Å². The Morgan fingerprint density at radius 3 is 2.30 bits per heavy atom. The monoisotopic (exact) mass is 607 g/mol. The normalized spacial score (nSPS) is 21.6. The van der Waals surface area contributed by atoms with Crippen LogP contribution in [0.2, 0.25) is 0 Å². The summed E-state index contributed by atoms with van der Waals surface area (Å²) in [7, 11) is 2.11. The number of rotatable bonds is 6. The number of benzene rings is 2. The SMILES string of the molecule is CN1CCN(c2ccc(NC(=O)Nc3ccc(-c4nc(C(N5C[C@H]6C[C@@H]5CO6)C(F)(F)F)c5cn[nH]c5n4)cc3)cc2)CC1. The number of nitrogens with zero attached hydrogens (tertiary/aromatic N) is 6. The number of amides is 2. The number of hydrogen-bond acceptors (Lipinski definition) is 8. The van der Waals surface area contributed by atoms with Gasteiger partial charge in [0.05, 0.1) is 30.0 Å². The minimum atomic E-state index is -4.56. The summed E-state index contributed by atoms with van der Waals surface area (Å²) in [5.41, 5.74) is 2.85. The summed E-state index contributed by atoms with van der Waals surface area (Å²) >= 11 is 0. The van der Waals surface area contributed by atoms with Crippen molar-refractivity contribution in [3.63, 3.8) is 0 Å². The van der Waals surface area contributed by atoms with Gasteiger partial charge < -0.3 is 25.2 Å². The molecule has 2 aromatic carbocycles. The summed E-state index contributed by atoms with van der Waals surface area (Å²) in [6.07, 6.45) is -2.86. The van der Waals surface area contributed by atoms with Crippen molar-refractivity contribution >= 4 is 34.1 Å². The number of halogens is 3. The number of nitrogens with one attached hydrogen (secondary N) is 3. The lowest BCUT2D eigenvalue weighted by molar-refractivity contribution is -0.196. The summed E-state index contributed by atoms with van der Waals surface area (Å²) in [5.74, 6) is 0.128. The standard InChI is InChI=1S/C30H32F3N9O2/c1-40-10-12-41(13-11-40)21-8-6-20(7-9-21)36-29(43)35-19-4-2-18(3-5-19)27-37-25(24-15-34-39-28(24)38-27)26(30(31,32)33)42-16-23-14-22(42)17-44-23/h2-9,15,22-23,26H,10-14,16-17H2,1H3,(H2,35,36,43)(H,34,37,38,39)/t22-,23-,26?/m1/s1. The lowest BCUT2D eigenvalue weighted by Crippen LogP contribution is -2.46. The number of ether oxygens (including phenoxy) is 1. The van der Waals surface area contributed by atoms with Gasteiger partial charge in [0.2, 0.25) is 0 Å². The number of urea groups is 1. The quantitative estimate of drug-likeness (QED) is 0.294. The van der Waals surface area contributed by atoms with Gasteiger partial charge in [0.1, 0.15) is 0 Å². The summed E-state index contributed by atoms with van der Waals surface area (Å²) in [5, 5.41) is 12.5. The first-order chi connectivity index (χ1) is 21.2. The molecule has 0 spiro atoms. The number of carbonyl (C=O) groups is 1. The fourth-order valence-electron chi connectivity index (χ4n) is 6.26. The maximum atomic E-state index is 14.6. The lowest BCUT2D eigenvalue weighted by Gasteiger charge is -2.35. The van der Waals surface area contributed by atoms with Crippen LogP contribution in [0.15, 0.2) is 54.7 Å². The summed E-state index contributed by atoms with van der Waals surface area (Å²) in [4.78, 5) is 27.6. The van der Waals surface area contributed by atoms with Crippen LogP contribution in [0, 0.1) is 0 Å². The molecular formula is C30H32F3N9O2. The van der Waals surface area contributed by atoms with Crippen LogP contribution in [-0.2, 0) is 4.74 Å². The predicted octanol–water partition coefficient (Wildman–Crippen LogP) is 4.49. The molecule has 5 heterocycles. The highest BCUT2D eigenvalue weighted by atomic mass is 19.4. The van der Waals surface area contributed by atoms with Crippen LogP contribution in [-0.4, -0.2) is 101 Å². The van der Waals surface area contributed by atoms with E-state index in [1.807, 2.05) is 24.3 Å². The van der Waals surface area contributed by atoms with Crippen molar-refractivity contribution in [2.45, 2.75) is 30.8 Å². The number of carbonyl (C=O) groups excluding carboxylic acids is 1. The summed E-state index contributed by atoms with van der Waals surface area (Å²) < 4.78 is 49.3. The average Bonchev–Trinajstić information content (AvgIpc) is 3.76. The molecular weight excluding hydrogens is 575 g/mol. The number of likely N-dealkylation sites (tertiary alicyclic amines) is 1. The lowest BCUT2D eigenvalue weighted by atomic mass is 10.1. The maximum Gasteiger partial charge on any atom is 0.409 e. The van der Waals surface area contributed by atoms with Crippen LogP contribution in [0.1, 0.15) is 18.2 Å². The molecule has 44 heavy (non-hydrogen) atoms. The Morgan fingerprint density at radius 1 is 1.00 bits per heavy atom. The van der Waals surface area contributed by atoms with E-state index in [1.165, 1.54) is 11.1 Å². The second kappa shape index (κ2) is 11.3. The van der Waals surface area contributed by atoms with Crippen LogP contribution in [0.5, 0.6) is 0 Å². The molecule has 14 heteroatoms. The molecule has 2 bridgehead atoms. The number of piperazine rings is 1. The summed E-state index contributed by atoms with van der Waals surface area (Å²) in [6, 6.07) is 11.7. The number of hydrogen-bond donors (Lipinski definition) is 3. The minimum Gasteiger partial charge on any atom is -0.375 e. The first-order valence-electron chi connectivity index (χ1n) is 14.6. The highest BCUT2D eigenvalue weighted by Crippen LogP contribution is 2.45. The second-order valence-corrected chi connectivity index (χ2v) is 11.5. The van der Waals surface area contributed by atoms with E-state index in [0.29, 0.717) is 23.4 Å². The third-order valence-corrected chi connectivity index (χ3v) is 8.58. The van der Waals surface area contributed by atoms with E-state index in [4.69, 9.17) is 4.74 Å². The smallest absolute Gasteiger partial charge is 0.375 e. The molecule has 7 rings (SSSR count). The molecule has 3 aliphatic rings. The molecule has 0 aliphatic carbocycles. The first-order valence-corrected chi connectivity index (χ1v) is 14.6. The van der Waals surface area contributed by atoms with Crippen LogP contribution in [0.3, 0.4) is 0 Å². The zero-order chi connectivity index (χ0) is 30.4. The minimum absolute atomic E-state index is 0.128. The van der Waals surface area contributed by atoms with E-state index in [1.54, 1.807) is 24.3 Å². The van der Waals surface area contributed by atoms with Gasteiger partial charge >= 0.3 is 12.2 Å². The molecule has 11 nitrogen and oxygen atoms in total. The highest BCUT2D eigenvalue weighted by molar-refractivity contribution is 6.00. The van der Waals surface area contributed by atoms with Gasteiger partial charge in [-0.3, -0.25) is 10.00 Å². The average molecular weight is 608 g/mol. The summed E-state index contributed by atoms with van der Waals surface area (Å²) in [6.45, 7) is 4.40. The van der Waals surface area contributed by atoms with Crippen molar-refractivity contribution < 1.29 is 22.7 Å². The number of H-pyrrole nitrogens is 1. The Hall–Kier alpha value is -4.27. The fourth-order valence-corrected chi connectivity index (χ4v) is 6.26. The highest BCUT2D eigenvalue weighted by Gasteiger charge is 2.53. The molecule has 2 amide bonds. The third-order valence-electron chi connectivity index (χ3n) is 8.58. The number of likely N-dealkylation sites (N-methyl/N-ethyl adjacent to an activating group) is 1. The van der Waals surface area contributed by atoms with Crippen molar-refractivity contribution in [2.75, 3.05) is 61.9 Å². The number of fused-ring (bicyclic) bond motifs is 3. The molecule has 0 radical (unpaired) electrons. The van der Waals surface area contributed by atoms with Gasteiger partial charge in [0, 0.05) is 61.4 Å². The van der Waals surface area contributed by atoms with Gasteiger partial charge in [-0.05, 0) is 62.0 Å². The molecule has 3 atom stereocenters. The molecule has 0 saturated carbocycles. The second-order valence-electron chi connectivity index (χ2n) is 11.5. The van der Waals surface area contributed by atoms with Crippen molar-refractivity contribution in [3.05, 3.63) is 60.4 Å². The molecule has 1 unspecified atom stereocenters. The largest absolute Gasteiger partial charge is 0.409 e. The van der Waals surface area contributed by atoms with E-state index < -0.39 is 18.2 Å². The van der Waals surface area contributed by atoms with Gasteiger partial charge in [-0.25, -0.2) is 14.8 Å². The predicted molar refractivity (Wildman–Crippen MR) is 160 cm³/mol. The van der Waals surface area contributed by atoms with E-state index in [2.05, 4.69) is 47.6 Å². The van der Waals surface area contributed by atoms with E-state index >= 15 is 0 Å².